The van der Waals surface area contributed by atoms with E-state index in [-0.39, 0.29) is 12.5 Å². The number of hydrogen-bond acceptors (Lipinski definition) is 4. The Morgan fingerprint density at radius 1 is 1.34 bits per heavy atom. The zero-order chi connectivity index (χ0) is 21.2. The van der Waals surface area contributed by atoms with Crippen LogP contribution in [0.15, 0.2) is 24.4 Å². The van der Waals surface area contributed by atoms with Gasteiger partial charge in [0.25, 0.3) is 0 Å². The highest BCUT2D eigenvalue weighted by molar-refractivity contribution is 5.68. The van der Waals surface area contributed by atoms with Crippen LogP contribution in [0.4, 0.5) is 13.6 Å². The zero-order valence-electron chi connectivity index (χ0n) is 16.9. The van der Waals surface area contributed by atoms with E-state index < -0.39 is 29.4 Å². The van der Waals surface area contributed by atoms with E-state index in [4.69, 9.17) is 4.74 Å². The predicted molar refractivity (Wildman–Crippen MR) is 103 cm³/mol. The minimum absolute atomic E-state index is 0.0612. The van der Waals surface area contributed by atoms with Crippen molar-refractivity contribution >= 4 is 6.09 Å². The van der Waals surface area contributed by atoms with E-state index >= 15 is 0 Å². The second-order valence-corrected chi connectivity index (χ2v) is 8.31. The van der Waals surface area contributed by atoms with Gasteiger partial charge in [-0.3, -0.25) is 0 Å². The molecule has 0 bridgehead atoms. The lowest BCUT2D eigenvalue weighted by Gasteiger charge is -2.23. The van der Waals surface area contributed by atoms with Crippen LogP contribution in [0.3, 0.4) is 0 Å². The van der Waals surface area contributed by atoms with Crippen molar-refractivity contribution in [2.75, 3.05) is 6.61 Å². The minimum Gasteiger partial charge on any atom is -0.444 e. The molecule has 0 radical (unpaired) electrons. The van der Waals surface area contributed by atoms with Crippen LogP contribution in [0, 0.1) is 11.6 Å². The summed E-state index contributed by atoms with van der Waals surface area (Å²) in [5, 5.41) is 12.2. The number of rotatable bonds is 4. The first-order chi connectivity index (χ1) is 13.7. The molecule has 2 N–H and O–H groups in total. The molecular formula is C21H27F2N3O3. The molecule has 0 saturated heterocycles. The van der Waals surface area contributed by atoms with Gasteiger partial charge in [0.1, 0.15) is 11.4 Å². The molecule has 2 atom stereocenters. The van der Waals surface area contributed by atoms with Gasteiger partial charge in [0.15, 0.2) is 11.6 Å². The van der Waals surface area contributed by atoms with Crippen molar-refractivity contribution in [2.45, 2.75) is 64.1 Å². The Balaban J connectivity index is 1.92. The molecule has 0 spiro atoms. The van der Waals surface area contributed by atoms with E-state index in [1.807, 2.05) is 4.57 Å². The molecule has 0 fully saturated rings. The van der Waals surface area contributed by atoms with Crippen molar-refractivity contribution in [2.24, 2.45) is 0 Å². The summed E-state index contributed by atoms with van der Waals surface area (Å²) in [6.45, 7) is 5.67. The molecule has 29 heavy (non-hydrogen) atoms. The molecule has 0 unspecified atom stereocenters. The third kappa shape index (κ3) is 4.93. The van der Waals surface area contributed by atoms with Crippen molar-refractivity contribution < 1.29 is 23.4 Å². The number of carbonyl (C=O) groups is 1. The van der Waals surface area contributed by atoms with Crippen molar-refractivity contribution in [1.82, 2.24) is 14.9 Å². The van der Waals surface area contributed by atoms with Crippen molar-refractivity contribution in [3.63, 3.8) is 0 Å². The maximum Gasteiger partial charge on any atom is 0.408 e. The highest BCUT2D eigenvalue weighted by Crippen LogP contribution is 2.35. The zero-order valence-corrected chi connectivity index (χ0v) is 16.9. The number of halogens is 2. The van der Waals surface area contributed by atoms with Gasteiger partial charge in [-0.2, -0.15) is 0 Å². The van der Waals surface area contributed by atoms with Gasteiger partial charge in [-0.25, -0.2) is 18.6 Å². The van der Waals surface area contributed by atoms with Crippen molar-refractivity contribution in [1.29, 1.82) is 0 Å². The van der Waals surface area contributed by atoms with E-state index in [2.05, 4.69) is 10.3 Å². The van der Waals surface area contributed by atoms with E-state index in [1.165, 1.54) is 6.07 Å². The van der Waals surface area contributed by atoms with Crippen molar-refractivity contribution in [3.8, 4) is 0 Å². The van der Waals surface area contributed by atoms with Gasteiger partial charge in [-0.05, 0) is 45.2 Å². The lowest BCUT2D eigenvalue weighted by atomic mass is 9.93. The first-order valence-corrected chi connectivity index (χ1v) is 9.78. The van der Waals surface area contributed by atoms with Crippen LogP contribution in [0.1, 0.15) is 62.7 Å². The van der Waals surface area contributed by atoms with Gasteiger partial charge < -0.3 is 19.7 Å². The van der Waals surface area contributed by atoms with Gasteiger partial charge in [-0.15, -0.1) is 0 Å². The minimum atomic E-state index is -0.878. The summed E-state index contributed by atoms with van der Waals surface area (Å²) in [5.74, 6) is -1.39. The molecule has 8 heteroatoms. The molecule has 1 amide bonds. The van der Waals surface area contributed by atoms with Crippen LogP contribution in [-0.4, -0.2) is 33.0 Å². The monoisotopic (exact) mass is 407 g/mol. The lowest BCUT2D eigenvalue weighted by molar-refractivity contribution is 0.0498. The number of carbonyl (C=O) groups excluding carboxylic acids is 1. The molecule has 1 aliphatic heterocycles. The summed E-state index contributed by atoms with van der Waals surface area (Å²) >= 11 is 0. The number of amides is 1. The average Bonchev–Trinajstić information content (AvgIpc) is 2.92. The smallest absolute Gasteiger partial charge is 0.408 e. The second kappa shape index (κ2) is 8.49. The Bertz CT molecular complexity index is 877. The summed E-state index contributed by atoms with van der Waals surface area (Å²) in [5.41, 5.74) is 0.444. The molecule has 1 aliphatic rings. The standard InChI is InChI=1S/C21H27F2N3O3/c1-21(2,3)29-20(28)25-17-8-7-13(15-5-4-6-16(22)18(15)23)12-26-14(9-10-27)11-24-19(17)26/h4-6,11,13,17,27H,7-10,12H2,1-3H3,(H,25,28)/t13-,17-/m1/s1. The Labute approximate surface area is 168 Å². The lowest BCUT2D eigenvalue weighted by Crippen LogP contribution is -2.35. The number of aliphatic hydroxyl groups excluding tert-OH is 1. The summed E-state index contributed by atoms with van der Waals surface area (Å²) < 4.78 is 35.5. The Morgan fingerprint density at radius 2 is 2.10 bits per heavy atom. The number of benzene rings is 1. The van der Waals surface area contributed by atoms with Crippen LogP contribution in [0.2, 0.25) is 0 Å². The van der Waals surface area contributed by atoms with Gasteiger partial charge in [0.05, 0.1) is 6.04 Å². The molecule has 3 rings (SSSR count). The number of ether oxygens (including phenoxy) is 1. The van der Waals surface area contributed by atoms with Gasteiger partial charge in [-0.1, -0.05) is 12.1 Å². The Hall–Kier alpha value is -2.48. The number of nitrogens with one attached hydrogen (secondary N) is 1. The van der Waals surface area contributed by atoms with E-state index in [0.717, 1.165) is 11.8 Å². The number of nitrogens with zero attached hydrogens (tertiary/aromatic N) is 2. The Kier molecular flexibility index (Phi) is 6.21. The summed E-state index contributed by atoms with van der Waals surface area (Å²) in [6.07, 6.45) is 2.50. The molecule has 0 saturated carbocycles. The quantitative estimate of drug-likeness (QED) is 0.808. The van der Waals surface area contributed by atoms with E-state index in [1.54, 1.807) is 33.0 Å². The number of fused-ring (bicyclic) bond motifs is 1. The molecular weight excluding hydrogens is 380 g/mol. The van der Waals surface area contributed by atoms with Crippen LogP contribution in [0.25, 0.3) is 0 Å². The maximum atomic E-state index is 14.4. The SMILES string of the molecule is CC(C)(C)OC(=O)N[C@@H]1CC[C@@H](c2cccc(F)c2F)Cn2c(CCO)cnc21. The number of aliphatic hydroxyl groups is 1. The topological polar surface area (TPSA) is 76.4 Å². The fourth-order valence-corrected chi connectivity index (χ4v) is 3.71. The van der Waals surface area contributed by atoms with Crippen molar-refractivity contribution in [3.05, 3.63) is 53.1 Å². The first kappa shape index (κ1) is 21.2. The predicted octanol–water partition coefficient (Wildman–Crippen LogP) is 3.84. The van der Waals surface area contributed by atoms with Crippen LogP contribution >= 0.6 is 0 Å². The Morgan fingerprint density at radius 3 is 2.79 bits per heavy atom. The third-order valence-electron chi connectivity index (χ3n) is 4.97. The maximum absolute atomic E-state index is 14.4. The largest absolute Gasteiger partial charge is 0.444 e. The number of hydrogen-bond donors (Lipinski definition) is 2. The number of imidazole rings is 1. The third-order valence-corrected chi connectivity index (χ3v) is 4.97. The molecule has 2 aromatic rings. The normalized spacial score (nSPS) is 19.4. The molecule has 0 aliphatic carbocycles. The van der Waals surface area contributed by atoms with E-state index in [0.29, 0.717) is 37.2 Å². The van der Waals surface area contributed by atoms with Crippen LogP contribution in [-0.2, 0) is 17.7 Å². The van der Waals surface area contributed by atoms with Gasteiger partial charge in [0, 0.05) is 37.4 Å². The molecule has 1 aromatic carbocycles. The average molecular weight is 407 g/mol. The van der Waals surface area contributed by atoms with Gasteiger partial charge >= 0.3 is 6.09 Å². The highest BCUT2D eigenvalue weighted by atomic mass is 19.2. The molecule has 1 aromatic heterocycles. The number of aromatic nitrogens is 2. The number of alkyl carbamates (subject to hydrolysis) is 1. The summed E-state index contributed by atoms with van der Waals surface area (Å²) in [7, 11) is 0. The fourth-order valence-electron chi connectivity index (χ4n) is 3.71. The second-order valence-electron chi connectivity index (χ2n) is 8.31. The first-order valence-electron chi connectivity index (χ1n) is 9.78. The summed E-state index contributed by atoms with van der Waals surface area (Å²) in [6, 6.07) is 3.76. The van der Waals surface area contributed by atoms with E-state index in [9.17, 15) is 18.7 Å². The molecule has 6 nitrogen and oxygen atoms in total. The molecule has 158 valence electrons. The highest BCUT2D eigenvalue weighted by Gasteiger charge is 2.31. The summed E-state index contributed by atoms with van der Waals surface area (Å²) in [4.78, 5) is 16.8. The molecule has 2 heterocycles. The van der Waals surface area contributed by atoms with Crippen LogP contribution < -0.4 is 5.32 Å². The van der Waals surface area contributed by atoms with Crippen LogP contribution in [0.5, 0.6) is 0 Å². The fraction of sp³-hybridized carbons (Fsp3) is 0.524. The van der Waals surface area contributed by atoms with Gasteiger partial charge in [0.2, 0.25) is 0 Å².